The van der Waals surface area contributed by atoms with Crippen LogP contribution in [0.3, 0.4) is 0 Å². The van der Waals surface area contributed by atoms with E-state index in [2.05, 4.69) is 10.4 Å². The monoisotopic (exact) mass is 504 g/mol. The molecule has 1 saturated carbocycles. The van der Waals surface area contributed by atoms with Gasteiger partial charge in [0, 0.05) is 12.8 Å². The number of carbonyl (C=O) groups excluding carboxylic acids is 2. The molecule has 0 bridgehead atoms. The number of hydrogen-bond acceptors (Lipinski definition) is 6. The van der Waals surface area contributed by atoms with Gasteiger partial charge in [-0.25, -0.2) is 23.1 Å². The number of fused-ring (bicyclic) bond motifs is 1. The average Bonchev–Trinajstić information content (AvgIpc) is 3.43. The number of rotatable bonds is 6. The molecule has 36 heavy (non-hydrogen) atoms. The highest BCUT2D eigenvalue weighted by molar-refractivity contribution is 5.78. The zero-order chi connectivity index (χ0) is 26.1. The topological polar surface area (TPSA) is 94.8 Å². The van der Waals surface area contributed by atoms with Gasteiger partial charge in [0.25, 0.3) is 0 Å². The average molecular weight is 505 g/mol. The number of methoxy groups -OCH3 is 1. The molecule has 8 nitrogen and oxygen atoms in total. The number of nitrogens with one attached hydrogen (secondary N) is 1. The number of esters is 1. The Hall–Kier alpha value is -3.04. The van der Waals surface area contributed by atoms with E-state index in [9.17, 15) is 18.4 Å². The number of halogens is 2. The van der Waals surface area contributed by atoms with E-state index >= 15 is 0 Å². The number of nitrogens with zero attached hydrogens (tertiary/aromatic N) is 3. The van der Waals surface area contributed by atoms with Crippen molar-refractivity contribution in [2.24, 2.45) is 11.3 Å². The highest BCUT2D eigenvalue weighted by Crippen LogP contribution is 2.42. The predicted octanol–water partition coefficient (Wildman–Crippen LogP) is 5.17. The molecule has 4 rings (SSSR count). The Morgan fingerprint density at radius 1 is 1.22 bits per heavy atom. The Labute approximate surface area is 209 Å². The number of hydrogen-bond donors (Lipinski definition) is 1. The molecule has 10 heteroatoms. The van der Waals surface area contributed by atoms with Crippen molar-refractivity contribution in [2.45, 2.75) is 83.3 Å². The van der Waals surface area contributed by atoms with Gasteiger partial charge in [0.1, 0.15) is 5.60 Å². The third-order valence-electron chi connectivity index (χ3n) is 6.96. The Kier molecular flexibility index (Phi) is 7.07. The second kappa shape index (κ2) is 9.78. The normalized spacial score (nSPS) is 20.3. The maximum Gasteiger partial charge on any atom is 0.408 e. The molecule has 0 aromatic carbocycles. The fraction of sp³-hybridized carbons (Fsp3) is 0.615. The summed E-state index contributed by atoms with van der Waals surface area (Å²) in [4.78, 5) is 29.8. The Balaban J connectivity index is 1.60. The molecular weight excluding hydrogens is 470 g/mol. The summed E-state index contributed by atoms with van der Waals surface area (Å²) in [5.41, 5.74) is 0.561. The zero-order valence-electron chi connectivity index (χ0n) is 21.2. The van der Waals surface area contributed by atoms with Crippen LogP contribution in [0, 0.1) is 11.3 Å². The van der Waals surface area contributed by atoms with E-state index in [-0.39, 0.29) is 37.6 Å². The van der Waals surface area contributed by atoms with Gasteiger partial charge >= 0.3 is 12.1 Å². The van der Waals surface area contributed by atoms with E-state index in [1.807, 2.05) is 18.2 Å². The van der Waals surface area contributed by atoms with E-state index in [1.165, 1.54) is 7.11 Å². The second-order valence-electron chi connectivity index (χ2n) is 11.0. The second-order valence-corrected chi connectivity index (χ2v) is 11.0. The van der Waals surface area contributed by atoms with Crippen LogP contribution in [0.4, 0.5) is 13.6 Å². The lowest BCUT2D eigenvalue weighted by Crippen LogP contribution is -2.40. The minimum Gasteiger partial charge on any atom is -0.469 e. The third kappa shape index (κ3) is 5.84. The van der Waals surface area contributed by atoms with Crippen molar-refractivity contribution in [1.82, 2.24) is 19.9 Å². The summed E-state index contributed by atoms with van der Waals surface area (Å²) < 4.78 is 39.8. The fourth-order valence-corrected chi connectivity index (χ4v) is 5.14. The van der Waals surface area contributed by atoms with Crippen molar-refractivity contribution >= 4 is 17.7 Å². The summed E-state index contributed by atoms with van der Waals surface area (Å²) in [7, 11) is 1.39. The number of imidazole rings is 1. The Bertz CT molecular complexity index is 1140. The Morgan fingerprint density at radius 3 is 2.50 bits per heavy atom. The van der Waals surface area contributed by atoms with Crippen molar-refractivity contribution in [2.75, 3.05) is 7.11 Å². The number of aromatic nitrogens is 3. The molecule has 2 aliphatic carbocycles. The number of alkyl halides is 2. The summed E-state index contributed by atoms with van der Waals surface area (Å²) in [6, 6.07) is 1.26. The van der Waals surface area contributed by atoms with Gasteiger partial charge in [0.05, 0.1) is 36.7 Å². The molecule has 1 atom stereocenters. The van der Waals surface area contributed by atoms with Gasteiger partial charge in [-0.2, -0.15) is 5.10 Å². The van der Waals surface area contributed by atoms with Gasteiger partial charge < -0.3 is 14.8 Å². The van der Waals surface area contributed by atoms with Gasteiger partial charge in [0.15, 0.2) is 5.65 Å². The van der Waals surface area contributed by atoms with Crippen LogP contribution in [0.25, 0.3) is 5.65 Å². The van der Waals surface area contributed by atoms with Gasteiger partial charge in [-0.1, -0.05) is 12.2 Å². The molecule has 0 spiro atoms. The highest BCUT2D eigenvalue weighted by atomic mass is 19.3. The first-order valence-corrected chi connectivity index (χ1v) is 12.3. The molecule has 0 radical (unpaired) electrons. The molecule has 0 aliphatic heterocycles. The molecule has 2 aromatic heterocycles. The van der Waals surface area contributed by atoms with Gasteiger partial charge in [0.2, 0.25) is 5.92 Å². The van der Waals surface area contributed by atoms with Crippen LogP contribution >= 0.6 is 0 Å². The Morgan fingerprint density at radius 2 is 1.89 bits per heavy atom. The van der Waals surface area contributed by atoms with Crippen molar-refractivity contribution in [3.05, 3.63) is 41.9 Å². The molecule has 1 fully saturated rings. The maximum atomic E-state index is 13.8. The van der Waals surface area contributed by atoms with Crippen molar-refractivity contribution in [3.8, 4) is 0 Å². The molecule has 2 aromatic rings. The first-order valence-electron chi connectivity index (χ1n) is 12.3. The summed E-state index contributed by atoms with van der Waals surface area (Å²) in [5, 5.41) is 7.34. The number of amides is 1. The molecule has 2 aliphatic rings. The van der Waals surface area contributed by atoms with Crippen LogP contribution in [0.5, 0.6) is 0 Å². The van der Waals surface area contributed by atoms with Crippen molar-refractivity contribution in [3.63, 3.8) is 0 Å². The van der Waals surface area contributed by atoms with Gasteiger partial charge in [-0.3, -0.25) is 4.79 Å². The minimum absolute atomic E-state index is 0.214. The lowest BCUT2D eigenvalue weighted by atomic mass is 9.80. The van der Waals surface area contributed by atoms with Crippen LogP contribution in [0.15, 0.2) is 30.6 Å². The van der Waals surface area contributed by atoms with E-state index in [0.717, 1.165) is 5.56 Å². The zero-order valence-corrected chi connectivity index (χ0v) is 21.2. The van der Waals surface area contributed by atoms with Gasteiger partial charge in [-0.05, 0) is 70.4 Å². The first kappa shape index (κ1) is 26.0. The molecule has 2 heterocycles. The lowest BCUT2D eigenvalue weighted by Gasteiger charge is -2.33. The van der Waals surface area contributed by atoms with E-state index in [0.29, 0.717) is 30.6 Å². The number of allylic oxidation sites excluding steroid dienone is 2. The smallest absolute Gasteiger partial charge is 0.408 e. The molecule has 196 valence electrons. The van der Waals surface area contributed by atoms with Crippen LogP contribution < -0.4 is 5.32 Å². The number of carbonyl (C=O) groups is 2. The SMILES string of the molecule is COC(=O)C1(Cc2cnn3cc([C@@H](NC(=O)OC(C)(C)C)C4CCC(F)(F)CC4)nc3c2)CC=CC1. The van der Waals surface area contributed by atoms with E-state index in [1.54, 1.807) is 37.7 Å². The molecular formula is C26H34F2N4O4. The lowest BCUT2D eigenvalue weighted by molar-refractivity contribution is -0.152. The molecule has 0 saturated heterocycles. The maximum absolute atomic E-state index is 13.8. The largest absolute Gasteiger partial charge is 0.469 e. The standard InChI is InChI=1S/C26H34F2N4O4/c1-24(2,3)36-23(34)31-21(18-7-11-26(27,28)12-8-18)19-16-32-20(30-19)13-17(15-29-32)14-25(22(33)35-4)9-5-6-10-25/h5-6,13,15-16,18,21H,7-12,14H2,1-4H3,(H,31,34)/t21-/m0/s1. The molecule has 1 amide bonds. The number of ether oxygens (including phenoxy) is 2. The number of alkyl carbamates (subject to hydrolysis) is 1. The van der Waals surface area contributed by atoms with Crippen LogP contribution in [-0.2, 0) is 20.7 Å². The van der Waals surface area contributed by atoms with Crippen molar-refractivity contribution < 1.29 is 27.8 Å². The van der Waals surface area contributed by atoms with Crippen LogP contribution in [0.2, 0.25) is 0 Å². The third-order valence-corrected chi connectivity index (χ3v) is 6.96. The van der Waals surface area contributed by atoms with Crippen LogP contribution in [-0.4, -0.2) is 45.3 Å². The first-order chi connectivity index (χ1) is 16.9. The molecule has 1 N–H and O–H groups in total. The van der Waals surface area contributed by atoms with Crippen LogP contribution in [0.1, 0.15) is 76.6 Å². The van der Waals surface area contributed by atoms with E-state index < -0.39 is 29.1 Å². The highest BCUT2D eigenvalue weighted by Gasteiger charge is 2.41. The summed E-state index contributed by atoms with van der Waals surface area (Å²) in [6.07, 6.45) is 8.45. The van der Waals surface area contributed by atoms with Gasteiger partial charge in [-0.15, -0.1) is 0 Å². The van der Waals surface area contributed by atoms with E-state index in [4.69, 9.17) is 14.5 Å². The quantitative estimate of drug-likeness (QED) is 0.431. The van der Waals surface area contributed by atoms with Crippen molar-refractivity contribution in [1.29, 1.82) is 0 Å². The summed E-state index contributed by atoms with van der Waals surface area (Å²) in [5.74, 6) is -3.16. The predicted molar refractivity (Wildman–Crippen MR) is 129 cm³/mol. The fourth-order valence-electron chi connectivity index (χ4n) is 5.14. The molecule has 0 unspecified atom stereocenters. The minimum atomic E-state index is -2.69. The summed E-state index contributed by atoms with van der Waals surface area (Å²) in [6.45, 7) is 5.29. The summed E-state index contributed by atoms with van der Waals surface area (Å²) >= 11 is 0.